The first-order chi connectivity index (χ1) is 10.2. The van der Waals surface area contributed by atoms with Gasteiger partial charge in [0.2, 0.25) is 0 Å². The number of fused-ring (bicyclic) bond motifs is 1. The van der Waals surface area contributed by atoms with Crippen molar-refractivity contribution in [1.82, 2.24) is 0 Å². The Morgan fingerprint density at radius 1 is 1.14 bits per heavy atom. The van der Waals surface area contributed by atoms with Crippen LogP contribution in [0.15, 0.2) is 18.2 Å². The molecule has 1 aromatic carbocycles. The van der Waals surface area contributed by atoms with Crippen molar-refractivity contribution in [3.8, 4) is 11.5 Å². The first-order valence-electron chi connectivity index (χ1n) is 7.25. The Balaban J connectivity index is 1.89. The molecule has 0 atom stereocenters. The van der Waals surface area contributed by atoms with E-state index in [9.17, 15) is 9.59 Å². The highest BCUT2D eigenvalue weighted by atomic mass is 16.5. The summed E-state index contributed by atoms with van der Waals surface area (Å²) in [5, 5.41) is 0. The number of ether oxygens (including phenoxy) is 3. The molecule has 0 bridgehead atoms. The Morgan fingerprint density at radius 2 is 1.90 bits per heavy atom. The van der Waals surface area contributed by atoms with Gasteiger partial charge in [-0.15, -0.1) is 0 Å². The summed E-state index contributed by atoms with van der Waals surface area (Å²) in [7, 11) is 0. The van der Waals surface area contributed by atoms with Crippen LogP contribution in [0.4, 0.5) is 0 Å². The normalized spacial score (nSPS) is 13.4. The molecule has 1 aliphatic heterocycles. The summed E-state index contributed by atoms with van der Waals surface area (Å²) in [6, 6.07) is 5.52. The van der Waals surface area contributed by atoms with Crippen LogP contribution in [-0.4, -0.2) is 31.6 Å². The molecule has 114 valence electrons. The Labute approximate surface area is 124 Å². The van der Waals surface area contributed by atoms with E-state index < -0.39 is 0 Å². The number of esters is 1. The Bertz CT molecular complexity index is 509. The number of carbonyl (C=O) groups excluding carboxylic acids is 2. The molecule has 1 aromatic rings. The number of carbonyl (C=O) groups is 2. The average Bonchev–Trinajstić information content (AvgIpc) is 2.70. The minimum atomic E-state index is -0.329. The zero-order valence-corrected chi connectivity index (χ0v) is 12.2. The second kappa shape index (κ2) is 7.67. The van der Waals surface area contributed by atoms with Crippen molar-refractivity contribution in [2.45, 2.75) is 32.6 Å². The van der Waals surface area contributed by atoms with Gasteiger partial charge in [0.15, 0.2) is 11.5 Å². The Kier molecular flexibility index (Phi) is 5.60. The average molecular weight is 292 g/mol. The summed E-state index contributed by atoms with van der Waals surface area (Å²) >= 11 is 0. The molecule has 0 fully saturated rings. The first kappa shape index (κ1) is 15.4. The summed E-state index contributed by atoms with van der Waals surface area (Å²) in [4.78, 5) is 23.1. The van der Waals surface area contributed by atoms with Crippen LogP contribution in [0, 0.1) is 0 Å². The van der Waals surface area contributed by atoms with Crippen LogP contribution in [-0.2, 0) is 20.7 Å². The maximum Gasteiger partial charge on any atom is 0.306 e. The number of hydrogen-bond acceptors (Lipinski definition) is 5. The van der Waals surface area contributed by atoms with Gasteiger partial charge in [0.25, 0.3) is 0 Å². The standard InChI is InChI=1S/C16H20O5/c1-2-19-16(18)7-5-13(17)10-12-4-6-14-15(11-12)21-9-3-8-20-14/h4,6,11H,2-3,5,7-10H2,1H3. The smallest absolute Gasteiger partial charge is 0.306 e. The Morgan fingerprint density at radius 3 is 2.67 bits per heavy atom. The van der Waals surface area contributed by atoms with Gasteiger partial charge in [-0.1, -0.05) is 6.07 Å². The maximum atomic E-state index is 11.9. The highest BCUT2D eigenvalue weighted by Gasteiger charge is 2.13. The van der Waals surface area contributed by atoms with Crippen LogP contribution in [0.3, 0.4) is 0 Å². The lowest BCUT2D eigenvalue weighted by Gasteiger charge is -2.09. The number of rotatable bonds is 6. The highest BCUT2D eigenvalue weighted by molar-refractivity contribution is 5.84. The van der Waals surface area contributed by atoms with Crippen LogP contribution in [0.25, 0.3) is 0 Å². The summed E-state index contributed by atoms with van der Waals surface area (Å²) < 4.78 is 15.9. The number of Topliss-reactive ketones (excluding diaryl/α,β-unsaturated/α-hetero) is 1. The third kappa shape index (κ3) is 4.77. The molecule has 0 N–H and O–H groups in total. The molecule has 0 aliphatic carbocycles. The second-order valence-electron chi connectivity index (χ2n) is 4.85. The molecule has 0 spiro atoms. The summed E-state index contributed by atoms with van der Waals surface area (Å²) in [6.07, 6.45) is 1.48. The molecule has 5 nitrogen and oxygen atoms in total. The van der Waals surface area contributed by atoms with Crippen LogP contribution < -0.4 is 9.47 Å². The largest absolute Gasteiger partial charge is 0.490 e. The van der Waals surface area contributed by atoms with Crippen molar-refractivity contribution >= 4 is 11.8 Å². The van der Waals surface area contributed by atoms with Gasteiger partial charge < -0.3 is 14.2 Å². The van der Waals surface area contributed by atoms with Crippen molar-refractivity contribution in [2.75, 3.05) is 19.8 Å². The molecule has 0 saturated heterocycles. The Hall–Kier alpha value is -2.04. The van der Waals surface area contributed by atoms with E-state index in [2.05, 4.69) is 0 Å². The number of ketones is 1. The number of benzene rings is 1. The van der Waals surface area contributed by atoms with Crippen LogP contribution in [0.2, 0.25) is 0 Å². The molecular formula is C16H20O5. The quantitative estimate of drug-likeness (QED) is 0.753. The van der Waals surface area contributed by atoms with E-state index in [-0.39, 0.29) is 31.0 Å². The van der Waals surface area contributed by atoms with Crippen LogP contribution in [0.1, 0.15) is 31.7 Å². The van der Waals surface area contributed by atoms with E-state index in [1.807, 2.05) is 18.2 Å². The lowest BCUT2D eigenvalue weighted by molar-refractivity contribution is -0.144. The predicted octanol–water partition coefficient (Wildman–Crippen LogP) is 2.30. The van der Waals surface area contributed by atoms with E-state index in [0.717, 1.165) is 17.7 Å². The first-order valence-corrected chi connectivity index (χ1v) is 7.25. The van der Waals surface area contributed by atoms with E-state index in [1.54, 1.807) is 6.92 Å². The van der Waals surface area contributed by atoms with Gasteiger partial charge in [-0.3, -0.25) is 9.59 Å². The van der Waals surface area contributed by atoms with Crippen molar-refractivity contribution in [2.24, 2.45) is 0 Å². The lowest BCUT2D eigenvalue weighted by Crippen LogP contribution is -2.09. The van der Waals surface area contributed by atoms with Gasteiger partial charge in [0.1, 0.15) is 5.78 Å². The third-order valence-electron chi connectivity index (χ3n) is 3.13. The van der Waals surface area contributed by atoms with Gasteiger partial charge in [-0.25, -0.2) is 0 Å². The van der Waals surface area contributed by atoms with Gasteiger partial charge in [-0.2, -0.15) is 0 Å². The predicted molar refractivity (Wildman–Crippen MR) is 76.6 cm³/mol. The molecule has 0 amide bonds. The molecule has 1 heterocycles. The van der Waals surface area contributed by atoms with Crippen LogP contribution >= 0.6 is 0 Å². The summed E-state index contributed by atoms with van der Waals surface area (Å²) in [6.45, 7) is 3.35. The maximum absolute atomic E-state index is 11.9. The monoisotopic (exact) mass is 292 g/mol. The van der Waals surface area contributed by atoms with Crippen molar-refractivity contribution in [3.05, 3.63) is 23.8 Å². The molecule has 0 unspecified atom stereocenters. The fraction of sp³-hybridized carbons (Fsp3) is 0.500. The summed E-state index contributed by atoms with van der Waals surface area (Å²) in [5.74, 6) is 1.08. The minimum Gasteiger partial charge on any atom is -0.490 e. The fourth-order valence-electron chi connectivity index (χ4n) is 2.11. The zero-order valence-electron chi connectivity index (χ0n) is 12.2. The molecule has 2 rings (SSSR count). The lowest BCUT2D eigenvalue weighted by atomic mass is 10.1. The van der Waals surface area contributed by atoms with E-state index in [4.69, 9.17) is 14.2 Å². The summed E-state index contributed by atoms with van der Waals surface area (Å²) in [5.41, 5.74) is 0.869. The van der Waals surface area contributed by atoms with Gasteiger partial charge in [0, 0.05) is 19.3 Å². The number of hydrogen-bond donors (Lipinski definition) is 0. The SMILES string of the molecule is CCOC(=O)CCC(=O)Cc1ccc2c(c1)OCCCO2. The van der Waals surface area contributed by atoms with Crippen molar-refractivity contribution < 1.29 is 23.8 Å². The van der Waals surface area contributed by atoms with Gasteiger partial charge >= 0.3 is 5.97 Å². The molecule has 0 saturated carbocycles. The van der Waals surface area contributed by atoms with Crippen molar-refractivity contribution in [3.63, 3.8) is 0 Å². The second-order valence-corrected chi connectivity index (χ2v) is 4.85. The van der Waals surface area contributed by atoms with Crippen LogP contribution in [0.5, 0.6) is 11.5 Å². The van der Waals surface area contributed by atoms with Gasteiger partial charge in [0.05, 0.1) is 26.2 Å². The molecule has 0 aromatic heterocycles. The van der Waals surface area contributed by atoms with Gasteiger partial charge in [-0.05, 0) is 24.6 Å². The zero-order chi connectivity index (χ0) is 15.1. The minimum absolute atomic E-state index is 0.0116. The van der Waals surface area contributed by atoms with Crippen molar-refractivity contribution in [1.29, 1.82) is 0 Å². The highest BCUT2D eigenvalue weighted by Crippen LogP contribution is 2.30. The molecule has 21 heavy (non-hydrogen) atoms. The molecular weight excluding hydrogens is 272 g/mol. The topological polar surface area (TPSA) is 61.8 Å². The van der Waals surface area contributed by atoms with E-state index in [1.165, 1.54) is 0 Å². The third-order valence-corrected chi connectivity index (χ3v) is 3.13. The molecule has 1 aliphatic rings. The molecule has 0 radical (unpaired) electrons. The van der Waals surface area contributed by atoms with E-state index >= 15 is 0 Å². The molecule has 5 heteroatoms. The fourth-order valence-corrected chi connectivity index (χ4v) is 2.11. The van der Waals surface area contributed by atoms with E-state index in [0.29, 0.717) is 25.6 Å².